The van der Waals surface area contributed by atoms with Crippen LogP contribution in [0.2, 0.25) is 0 Å². The highest BCUT2D eigenvalue weighted by Gasteiger charge is 2.37. The molecule has 0 spiro atoms. The van der Waals surface area contributed by atoms with E-state index in [0.717, 1.165) is 12.0 Å². The van der Waals surface area contributed by atoms with Crippen LogP contribution in [0, 0.1) is 5.92 Å². The van der Waals surface area contributed by atoms with Crippen LogP contribution in [0.15, 0.2) is 30.3 Å². The summed E-state index contributed by atoms with van der Waals surface area (Å²) in [4.78, 5) is 25.4. The average Bonchev–Trinajstić information content (AvgIpc) is 2.51. The second-order valence-electron chi connectivity index (χ2n) is 6.47. The molecule has 116 valence electrons. The molecular formula is C19H16O4. The van der Waals surface area contributed by atoms with Gasteiger partial charge in [-0.2, -0.15) is 0 Å². The Morgan fingerprint density at radius 3 is 2.61 bits per heavy atom. The summed E-state index contributed by atoms with van der Waals surface area (Å²) in [5.41, 5.74) is 2.54. The molecule has 2 N–H and O–H groups in total. The second kappa shape index (κ2) is 4.77. The van der Waals surface area contributed by atoms with E-state index < -0.39 is 6.10 Å². The molecule has 0 fully saturated rings. The fraction of sp³-hybridized carbons (Fsp3) is 0.263. The fourth-order valence-corrected chi connectivity index (χ4v) is 3.82. The standard InChI is InChI=1S/C19H16O4/c1-9-7-10-5-6-12-17(15(10)14(21)8-9)19(23)11-3-2-4-13(20)16(11)18(12)22/h2-6,9,18,20,22H,7-8H2,1H3/t9-,18-/m1/s1. The van der Waals surface area contributed by atoms with Gasteiger partial charge in [-0.1, -0.05) is 31.2 Å². The van der Waals surface area contributed by atoms with Crippen LogP contribution < -0.4 is 0 Å². The van der Waals surface area contributed by atoms with Crippen molar-refractivity contribution in [3.63, 3.8) is 0 Å². The van der Waals surface area contributed by atoms with Crippen molar-refractivity contribution in [2.45, 2.75) is 25.9 Å². The van der Waals surface area contributed by atoms with Gasteiger partial charge in [0.25, 0.3) is 0 Å². The number of phenols is 1. The van der Waals surface area contributed by atoms with E-state index in [0.29, 0.717) is 23.1 Å². The summed E-state index contributed by atoms with van der Waals surface area (Å²) in [6, 6.07) is 8.13. The minimum Gasteiger partial charge on any atom is -0.508 e. The first kappa shape index (κ1) is 14.2. The van der Waals surface area contributed by atoms with Crippen LogP contribution >= 0.6 is 0 Å². The summed E-state index contributed by atoms with van der Waals surface area (Å²) in [5, 5.41) is 20.6. The van der Waals surface area contributed by atoms with Crippen molar-refractivity contribution in [2.75, 3.05) is 0 Å². The number of carbonyl (C=O) groups excluding carboxylic acids is 2. The van der Waals surface area contributed by atoms with E-state index in [1.165, 1.54) is 6.07 Å². The van der Waals surface area contributed by atoms with Crippen molar-refractivity contribution in [3.8, 4) is 5.75 Å². The number of Topliss-reactive ketones (excluding diaryl/α,β-unsaturated/α-hetero) is 1. The monoisotopic (exact) mass is 308 g/mol. The normalized spacial score (nSPS) is 22.3. The predicted molar refractivity (Wildman–Crippen MR) is 83.9 cm³/mol. The Bertz CT molecular complexity index is 866. The van der Waals surface area contributed by atoms with Gasteiger partial charge in [-0.25, -0.2) is 0 Å². The summed E-state index contributed by atoms with van der Waals surface area (Å²) in [5.74, 6) is -0.185. The zero-order valence-corrected chi connectivity index (χ0v) is 12.7. The van der Waals surface area contributed by atoms with Crippen LogP contribution in [0.1, 0.15) is 62.4 Å². The van der Waals surface area contributed by atoms with Gasteiger partial charge in [-0.3, -0.25) is 9.59 Å². The first-order chi connectivity index (χ1) is 11.0. The van der Waals surface area contributed by atoms with Crippen LogP contribution in [0.25, 0.3) is 0 Å². The van der Waals surface area contributed by atoms with Crippen LogP contribution in [0.3, 0.4) is 0 Å². The molecule has 4 nitrogen and oxygen atoms in total. The molecule has 0 heterocycles. The molecular weight excluding hydrogens is 292 g/mol. The number of fused-ring (bicyclic) bond motifs is 4. The molecule has 0 aromatic heterocycles. The van der Waals surface area contributed by atoms with E-state index in [-0.39, 0.29) is 34.4 Å². The van der Waals surface area contributed by atoms with Gasteiger partial charge in [0.1, 0.15) is 11.9 Å². The summed E-state index contributed by atoms with van der Waals surface area (Å²) in [6.45, 7) is 2.02. The number of rotatable bonds is 0. The zero-order valence-electron chi connectivity index (χ0n) is 12.7. The summed E-state index contributed by atoms with van der Waals surface area (Å²) < 4.78 is 0. The number of ketones is 2. The Morgan fingerprint density at radius 2 is 1.83 bits per heavy atom. The third kappa shape index (κ3) is 1.88. The molecule has 0 radical (unpaired) electrons. The van der Waals surface area contributed by atoms with E-state index in [4.69, 9.17) is 0 Å². The molecule has 0 saturated heterocycles. The molecule has 0 saturated carbocycles. The number of carbonyl (C=O) groups is 2. The molecule has 0 unspecified atom stereocenters. The highest BCUT2D eigenvalue weighted by atomic mass is 16.3. The van der Waals surface area contributed by atoms with Gasteiger partial charge in [0.15, 0.2) is 11.6 Å². The summed E-state index contributed by atoms with van der Waals surface area (Å²) in [6.07, 6.45) is 0.0704. The average molecular weight is 308 g/mol. The van der Waals surface area contributed by atoms with Gasteiger partial charge in [-0.05, 0) is 29.5 Å². The van der Waals surface area contributed by atoms with Crippen LogP contribution in [0.5, 0.6) is 5.75 Å². The summed E-state index contributed by atoms with van der Waals surface area (Å²) in [7, 11) is 0. The molecule has 2 aliphatic carbocycles. The van der Waals surface area contributed by atoms with E-state index >= 15 is 0 Å². The van der Waals surface area contributed by atoms with E-state index in [9.17, 15) is 19.8 Å². The number of phenolic OH excluding ortho intramolecular Hbond substituents is 1. The topological polar surface area (TPSA) is 74.6 Å². The Balaban J connectivity index is 2.01. The molecule has 2 aromatic carbocycles. The maximum atomic E-state index is 12.9. The minimum atomic E-state index is -1.10. The highest BCUT2D eigenvalue weighted by Crippen LogP contribution is 2.42. The van der Waals surface area contributed by atoms with Crippen molar-refractivity contribution in [2.24, 2.45) is 5.92 Å². The highest BCUT2D eigenvalue weighted by molar-refractivity contribution is 6.19. The molecule has 2 aliphatic rings. The number of aliphatic hydroxyl groups is 1. The summed E-state index contributed by atoms with van der Waals surface area (Å²) >= 11 is 0. The zero-order chi connectivity index (χ0) is 16.3. The number of hydrogen-bond donors (Lipinski definition) is 2. The lowest BCUT2D eigenvalue weighted by Crippen LogP contribution is -2.27. The molecule has 0 aliphatic heterocycles. The maximum Gasteiger partial charge on any atom is 0.194 e. The minimum absolute atomic E-state index is 0.0419. The quantitative estimate of drug-likeness (QED) is 0.785. The van der Waals surface area contributed by atoms with E-state index in [1.807, 2.05) is 13.0 Å². The number of aromatic hydroxyl groups is 1. The van der Waals surface area contributed by atoms with Crippen molar-refractivity contribution in [1.29, 1.82) is 0 Å². The van der Waals surface area contributed by atoms with Crippen LogP contribution in [0.4, 0.5) is 0 Å². The first-order valence-electron chi connectivity index (χ1n) is 7.72. The van der Waals surface area contributed by atoms with Crippen molar-refractivity contribution < 1.29 is 19.8 Å². The number of benzene rings is 2. The lowest BCUT2D eigenvalue weighted by atomic mass is 9.74. The van der Waals surface area contributed by atoms with Gasteiger partial charge in [-0.15, -0.1) is 0 Å². The Morgan fingerprint density at radius 1 is 1.04 bits per heavy atom. The Hall–Kier alpha value is -2.46. The molecule has 4 rings (SSSR count). The maximum absolute atomic E-state index is 12.9. The second-order valence-corrected chi connectivity index (χ2v) is 6.47. The van der Waals surface area contributed by atoms with Crippen molar-refractivity contribution in [1.82, 2.24) is 0 Å². The Kier molecular flexibility index (Phi) is 2.93. The van der Waals surface area contributed by atoms with Gasteiger partial charge in [0.2, 0.25) is 0 Å². The largest absolute Gasteiger partial charge is 0.508 e. The van der Waals surface area contributed by atoms with Gasteiger partial charge >= 0.3 is 0 Å². The van der Waals surface area contributed by atoms with Crippen LogP contribution in [-0.4, -0.2) is 21.8 Å². The van der Waals surface area contributed by atoms with E-state index in [1.54, 1.807) is 18.2 Å². The predicted octanol–water partition coefficient (Wildman–Crippen LogP) is 2.78. The number of hydrogen-bond acceptors (Lipinski definition) is 4. The third-order valence-electron chi connectivity index (χ3n) is 4.83. The SMILES string of the molecule is C[C@H]1CC(=O)c2c(ccc3c2C(=O)c2cccc(O)c2[C@@H]3O)C1. The lowest BCUT2D eigenvalue weighted by Gasteiger charge is -2.29. The molecule has 23 heavy (non-hydrogen) atoms. The smallest absolute Gasteiger partial charge is 0.194 e. The third-order valence-corrected chi connectivity index (χ3v) is 4.83. The Labute approximate surface area is 133 Å². The fourth-order valence-electron chi connectivity index (χ4n) is 3.82. The number of aliphatic hydroxyl groups excluding tert-OH is 1. The molecule has 4 heteroatoms. The molecule has 0 bridgehead atoms. The molecule has 2 aromatic rings. The first-order valence-corrected chi connectivity index (χ1v) is 7.72. The van der Waals surface area contributed by atoms with E-state index in [2.05, 4.69) is 0 Å². The molecule has 2 atom stereocenters. The van der Waals surface area contributed by atoms with Gasteiger partial charge in [0.05, 0.1) is 0 Å². The molecule has 0 amide bonds. The van der Waals surface area contributed by atoms with Crippen LogP contribution in [-0.2, 0) is 6.42 Å². The van der Waals surface area contributed by atoms with Crippen molar-refractivity contribution >= 4 is 11.6 Å². The lowest BCUT2D eigenvalue weighted by molar-refractivity contribution is 0.0935. The van der Waals surface area contributed by atoms with Gasteiger partial charge < -0.3 is 10.2 Å². The van der Waals surface area contributed by atoms with Crippen molar-refractivity contribution in [3.05, 3.63) is 63.7 Å². The van der Waals surface area contributed by atoms with Gasteiger partial charge in [0, 0.05) is 28.7 Å².